The van der Waals surface area contributed by atoms with Gasteiger partial charge >= 0.3 is 0 Å². The van der Waals surface area contributed by atoms with Crippen LogP contribution in [-0.4, -0.2) is 36.0 Å². The van der Waals surface area contributed by atoms with Crippen molar-refractivity contribution in [2.75, 3.05) is 0 Å². The molecule has 0 aliphatic rings. The number of hydrogen-bond donors (Lipinski definition) is 0. The Bertz CT molecular complexity index is 69.1. The van der Waals surface area contributed by atoms with Gasteiger partial charge in [0.1, 0.15) is 0 Å². The quantitative estimate of drug-likeness (QED) is 0.398. The van der Waals surface area contributed by atoms with Gasteiger partial charge in [0.25, 0.3) is 0 Å². The molecule has 9 heavy (non-hydrogen) atoms. The minimum Gasteiger partial charge on any atom is -0.356 e. The molecular formula is InN2O6-2. The van der Waals surface area contributed by atoms with Crippen LogP contribution in [0.15, 0.2) is 0 Å². The van der Waals surface area contributed by atoms with Gasteiger partial charge in [-0.05, 0) is 0 Å². The molecule has 0 heterocycles. The number of hydrogen-bond acceptors (Lipinski definition) is 6. The average molecular weight is 239 g/mol. The molecule has 0 spiro atoms. The Morgan fingerprint density at radius 2 is 0.778 bits per heavy atom. The Hall–Kier alpha value is -0.730. The van der Waals surface area contributed by atoms with Crippen molar-refractivity contribution >= 4 is 25.8 Å². The van der Waals surface area contributed by atoms with Crippen molar-refractivity contribution in [3.63, 3.8) is 0 Å². The summed E-state index contributed by atoms with van der Waals surface area (Å²) < 4.78 is 0. The molecule has 0 amide bonds. The van der Waals surface area contributed by atoms with E-state index in [0.29, 0.717) is 0 Å². The van der Waals surface area contributed by atoms with E-state index in [1.54, 1.807) is 0 Å². The molecule has 0 rings (SSSR count). The second-order valence-corrected chi connectivity index (χ2v) is 0.447. The SMILES string of the molecule is O=[N+]([O-])[O-].O=[N+]([O-])[O-].[In]. The molecule has 51 valence electrons. The van der Waals surface area contributed by atoms with Gasteiger partial charge in [-0.25, -0.2) is 0 Å². The van der Waals surface area contributed by atoms with E-state index < -0.39 is 10.2 Å². The minimum absolute atomic E-state index is 0. The number of nitrogens with zero attached hydrogens (tertiary/aromatic N) is 2. The summed E-state index contributed by atoms with van der Waals surface area (Å²) in [5.41, 5.74) is 0. The van der Waals surface area contributed by atoms with Gasteiger partial charge in [-0.15, -0.1) is 0 Å². The second-order valence-electron chi connectivity index (χ2n) is 0.447. The van der Waals surface area contributed by atoms with Crippen LogP contribution in [0.25, 0.3) is 0 Å². The molecule has 0 N–H and O–H groups in total. The van der Waals surface area contributed by atoms with Crippen molar-refractivity contribution in [1.82, 2.24) is 0 Å². The van der Waals surface area contributed by atoms with E-state index in [0.717, 1.165) is 0 Å². The van der Waals surface area contributed by atoms with Crippen LogP contribution in [0.2, 0.25) is 0 Å². The molecule has 0 aliphatic heterocycles. The van der Waals surface area contributed by atoms with Crippen LogP contribution in [0.5, 0.6) is 0 Å². The van der Waals surface area contributed by atoms with Crippen LogP contribution >= 0.6 is 0 Å². The van der Waals surface area contributed by atoms with Crippen molar-refractivity contribution in [3.8, 4) is 0 Å². The van der Waals surface area contributed by atoms with E-state index >= 15 is 0 Å². The Labute approximate surface area is 67.1 Å². The molecule has 0 bridgehead atoms. The minimum atomic E-state index is -1.75. The van der Waals surface area contributed by atoms with Crippen LogP contribution in [0.4, 0.5) is 0 Å². The maximum absolute atomic E-state index is 8.25. The van der Waals surface area contributed by atoms with Crippen LogP contribution in [0, 0.1) is 30.6 Å². The molecule has 0 aromatic carbocycles. The molecule has 0 aromatic heterocycles. The molecular weight excluding hydrogens is 239 g/mol. The van der Waals surface area contributed by atoms with Gasteiger partial charge in [-0.1, -0.05) is 0 Å². The Morgan fingerprint density at radius 3 is 0.778 bits per heavy atom. The van der Waals surface area contributed by atoms with Gasteiger partial charge < -0.3 is 30.6 Å². The molecule has 0 atom stereocenters. The Morgan fingerprint density at radius 1 is 0.778 bits per heavy atom. The zero-order valence-electron chi connectivity index (χ0n) is 3.92. The first-order chi connectivity index (χ1) is 3.46. The van der Waals surface area contributed by atoms with Crippen molar-refractivity contribution in [2.24, 2.45) is 0 Å². The van der Waals surface area contributed by atoms with Crippen LogP contribution in [-0.2, 0) is 0 Å². The molecule has 0 saturated heterocycles. The monoisotopic (exact) mass is 239 g/mol. The van der Waals surface area contributed by atoms with E-state index in [1.165, 1.54) is 0 Å². The van der Waals surface area contributed by atoms with Gasteiger partial charge in [0.15, 0.2) is 0 Å². The van der Waals surface area contributed by atoms with Crippen LogP contribution < -0.4 is 0 Å². The van der Waals surface area contributed by atoms with Gasteiger partial charge in [-0.3, -0.25) is 0 Å². The summed E-state index contributed by atoms with van der Waals surface area (Å²) in [7, 11) is 0. The summed E-state index contributed by atoms with van der Waals surface area (Å²) in [5, 5.41) is 29.5. The molecule has 0 aromatic rings. The van der Waals surface area contributed by atoms with E-state index in [4.69, 9.17) is 30.6 Å². The topological polar surface area (TPSA) is 132 Å². The second kappa shape index (κ2) is 10.3. The molecule has 8 nitrogen and oxygen atoms in total. The van der Waals surface area contributed by atoms with Gasteiger partial charge in [0.05, 0.1) is 10.2 Å². The summed E-state index contributed by atoms with van der Waals surface area (Å²) in [6.07, 6.45) is 0. The third-order valence-electron chi connectivity index (χ3n) is 0. The van der Waals surface area contributed by atoms with Crippen LogP contribution in [0.3, 0.4) is 0 Å². The fraction of sp³-hybridized carbons (Fsp3) is 0. The van der Waals surface area contributed by atoms with Crippen molar-refractivity contribution < 1.29 is 10.2 Å². The summed E-state index contributed by atoms with van der Waals surface area (Å²) in [4.78, 5) is 16.5. The third-order valence-corrected chi connectivity index (χ3v) is 0. The standard InChI is InChI=1S/In.2NO3/c;2*2-1(3)4/q;2*-1. The third kappa shape index (κ3) is 379. The van der Waals surface area contributed by atoms with Gasteiger partial charge in [0, 0.05) is 25.8 Å². The smallest absolute Gasteiger partial charge is 0.0689 e. The van der Waals surface area contributed by atoms with Crippen molar-refractivity contribution in [2.45, 2.75) is 0 Å². The largest absolute Gasteiger partial charge is 0.356 e. The van der Waals surface area contributed by atoms with Gasteiger partial charge in [0.2, 0.25) is 0 Å². The summed E-state index contributed by atoms with van der Waals surface area (Å²) >= 11 is 0. The Kier molecular flexibility index (Phi) is 18.0. The molecule has 3 radical (unpaired) electrons. The summed E-state index contributed by atoms with van der Waals surface area (Å²) in [6.45, 7) is 0. The normalized spacial score (nSPS) is 5.33. The first-order valence-corrected chi connectivity index (χ1v) is 1.10. The van der Waals surface area contributed by atoms with Crippen molar-refractivity contribution in [1.29, 1.82) is 0 Å². The fourth-order valence-electron chi connectivity index (χ4n) is 0. The predicted octanol–water partition coefficient (Wildman–Crippen LogP) is -0.859. The average Bonchev–Trinajstić information content (AvgIpc) is 1.25. The fourth-order valence-corrected chi connectivity index (χ4v) is 0. The molecule has 9 heteroatoms. The number of rotatable bonds is 0. The Balaban J connectivity index is -0.0000000720. The summed E-state index contributed by atoms with van der Waals surface area (Å²) in [5.74, 6) is 0. The van der Waals surface area contributed by atoms with Crippen molar-refractivity contribution in [3.05, 3.63) is 30.6 Å². The molecule has 0 aliphatic carbocycles. The van der Waals surface area contributed by atoms with E-state index in [1.807, 2.05) is 0 Å². The van der Waals surface area contributed by atoms with E-state index in [-0.39, 0.29) is 25.8 Å². The molecule has 0 saturated carbocycles. The van der Waals surface area contributed by atoms with E-state index in [9.17, 15) is 0 Å². The first kappa shape index (κ1) is 15.7. The maximum atomic E-state index is 8.25. The van der Waals surface area contributed by atoms with Gasteiger partial charge in [-0.2, -0.15) is 0 Å². The summed E-state index contributed by atoms with van der Waals surface area (Å²) in [6, 6.07) is 0. The maximum Gasteiger partial charge on any atom is 0.0689 e. The zero-order valence-corrected chi connectivity index (χ0v) is 7.22. The first-order valence-electron chi connectivity index (χ1n) is 1.10. The van der Waals surface area contributed by atoms with E-state index in [2.05, 4.69) is 0 Å². The molecule has 0 fully saturated rings. The van der Waals surface area contributed by atoms with Crippen LogP contribution in [0.1, 0.15) is 0 Å². The zero-order chi connectivity index (χ0) is 7.15. The predicted molar refractivity (Wildman–Crippen MR) is 26.5 cm³/mol. The molecule has 0 unspecified atom stereocenters.